The lowest BCUT2D eigenvalue weighted by Gasteiger charge is -2.14. The fourth-order valence-electron chi connectivity index (χ4n) is 3.97. The summed E-state index contributed by atoms with van der Waals surface area (Å²) in [5, 5.41) is 36.8. The number of aromatic hydroxyl groups is 2. The predicted octanol–water partition coefficient (Wildman–Crippen LogP) is 3.87. The maximum atomic E-state index is 11.7. The number of hydrogen-bond acceptors (Lipinski definition) is 7. The maximum absolute atomic E-state index is 11.7. The van der Waals surface area contributed by atoms with Crippen molar-refractivity contribution < 1.29 is 15.3 Å². The molecule has 0 spiro atoms. The molecule has 0 bridgehead atoms. The monoisotopic (exact) mass is 551 g/mol. The van der Waals surface area contributed by atoms with Crippen molar-refractivity contribution in [1.29, 1.82) is 0 Å². The Morgan fingerprint density at radius 1 is 0.861 bits per heavy atom. The zero-order chi connectivity index (χ0) is 23.9. The average Bonchev–Trinajstić information content (AvgIpc) is 3.23. The first kappa shape index (κ1) is 29.6. The molecule has 0 aliphatic heterocycles. The molecule has 0 radical (unpaired) electrons. The van der Waals surface area contributed by atoms with Crippen molar-refractivity contribution in [3.63, 3.8) is 0 Å². The van der Waals surface area contributed by atoms with E-state index < -0.39 is 6.23 Å². The number of H-pyrrole nitrogens is 1. The van der Waals surface area contributed by atoms with Gasteiger partial charge in [0.2, 0.25) is 0 Å². The number of halogens is 2. The molecule has 0 saturated carbocycles. The molecule has 1 heterocycles. The molecule has 10 heteroatoms. The third-order valence-corrected chi connectivity index (χ3v) is 6.69. The smallest absolute Gasteiger partial charge is 0.305 e. The van der Waals surface area contributed by atoms with E-state index in [9.17, 15) is 20.1 Å². The minimum Gasteiger partial charge on any atom is -0.508 e. The molecule has 0 saturated heterocycles. The second kappa shape index (κ2) is 14.2. The fourth-order valence-corrected chi connectivity index (χ4v) is 4.85. The van der Waals surface area contributed by atoms with Crippen LogP contribution in [0, 0.1) is 0 Å². The van der Waals surface area contributed by atoms with E-state index in [1.807, 2.05) is 24.3 Å². The van der Waals surface area contributed by atoms with Gasteiger partial charge in [0.15, 0.2) is 0 Å². The largest absolute Gasteiger partial charge is 0.508 e. The van der Waals surface area contributed by atoms with Gasteiger partial charge in [-0.25, -0.2) is 0 Å². The van der Waals surface area contributed by atoms with Gasteiger partial charge >= 0.3 is 4.87 Å². The molecule has 36 heavy (non-hydrogen) atoms. The number of fused-ring (bicyclic) bond motifs is 1. The number of rotatable bonds is 11. The van der Waals surface area contributed by atoms with Crippen LogP contribution in [0.2, 0.25) is 0 Å². The number of hydrogen-bond donors (Lipinski definition) is 6. The Morgan fingerprint density at radius 3 is 2.44 bits per heavy atom. The zero-order valence-electron chi connectivity index (χ0n) is 19.6. The van der Waals surface area contributed by atoms with Crippen LogP contribution >= 0.6 is 36.2 Å². The van der Waals surface area contributed by atoms with Gasteiger partial charge in [0.25, 0.3) is 0 Å². The Hall–Kier alpha value is -2.59. The Bertz CT molecular complexity index is 1310. The van der Waals surface area contributed by atoms with E-state index in [0.717, 1.165) is 48.4 Å². The Labute approximate surface area is 226 Å². The van der Waals surface area contributed by atoms with Crippen molar-refractivity contribution in [2.75, 3.05) is 13.1 Å². The molecule has 1 unspecified atom stereocenters. The van der Waals surface area contributed by atoms with Crippen LogP contribution in [0.15, 0.2) is 65.5 Å². The topological polar surface area (TPSA) is 118 Å². The molecule has 0 aliphatic carbocycles. The van der Waals surface area contributed by atoms with E-state index in [2.05, 4.69) is 33.8 Å². The lowest BCUT2D eigenvalue weighted by Crippen LogP contribution is -2.32. The van der Waals surface area contributed by atoms with Gasteiger partial charge < -0.3 is 25.6 Å². The van der Waals surface area contributed by atoms with E-state index in [4.69, 9.17) is 0 Å². The lowest BCUT2D eigenvalue weighted by molar-refractivity contribution is 0.138. The molecule has 0 fully saturated rings. The molecule has 3 aromatic carbocycles. The third-order valence-electron chi connectivity index (χ3n) is 5.73. The number of benzene rings is 3. The summed E-state index contributed by atoms with van der Waals surface area (Å²) in [6, 6.07) is 19.0. The molecule has 7 nitrogen and oxygen atoms in total. The summed E-state index contributed by atoms with van der Waals surface area (Å²) in [6.45, 7) is 2.12. The van der Waals surface area contributed by atoms with E-state index in [1.165, 1.54) is 17.2 Å². The average molecular weight is 553 g/mol. The number of para-hydroxylation sites is 1. The van der Waals surface area contributed by atoms with Gasteiger partial charge in [-0.1, -0.05) is 59.9 Å². The summed E-state index contributed by atoms with van der Waals surface area (Å²) in [5.74, 6) is 0.367. The first-order valence-corrected chi connectivity index (χ1v) is 12.1. The van der Waals surface area contributed by atoms with Gasteiger partial charge in [0.05, 0.1) is 4.70 Å². The lowest BCUT2D eigenvalue weighted by atomic mass is 10.1. The van der Waals surface area contributed by atoms with E-state index in [-0.39, 0.29) is 35.4 Å². The molecular formula is C26H31Cl2N3O4S. The van der Waals surface area contributed by atoms with Crippen LogP contribution in [0.3, 0.4) is 0 Å². The van der Waals surface area contributed by atoms with Crippen molar-refractivity contribution >= 4 is 46.4 Å². The summed E-state index contributed by atoms with van der Waals surface area (Å²) in [6.07, 6.45) is 1.11. The Morgan fingerprint density at radius 2 is 1.64 bits per heavy atom. The van der Waals surface area contributed by atoms with Crippen LogP contribution in [-0.2, 0) is 25.8 Å². The number of aliphatic hydroxyl groups is 1. The van der Waals surface area contributed by atoms with Gasteiger partial charge in [0, 0.05) is 19.5 Å². The highest BCUT2D eigenvalue weighted by Gasteiger charge is 2.13. The standard InChI is InChI=1S/C26H29N3O4S.2ClH/c30-21-7-2-1-6-19(21)11-12-27-16-18-5-3-4-17(14-18)10-13-28-23(32)15-20-8-9-22(31)24-25(20)34-26(33)29-24;;/h1-9,14,23,27-28,30-32H,10-13,15-16H2,(H,29,33);2*1H. The minimum absolute atomic E-state index is 0. The summed E-state index contributed by atoms with van der Waals surface area (Å²) in [7, 11) is 0. The molecule has 1 atom stereocenters. The number of aromatic nitrogens is 1. The van der Waals surface area contributed by atoms with Crippen molar-refractivity contribution in [3.05, 3.63) is 92.6 Å². The number of aliphatic hydroxyl groups excluding tert-OH is 1. The normalized spacial score (nSPS) is 11.6. The molecule has 0 amide bonds. The number of phenolic OH excluding ortho intramolecular Hbond substituents is 2. The van der Waals surface area contributed by atoms with E-state index >= 15 is 0 Å². The number of thiazole rings is 1. The van der Waals surface area contributed by atoms with Crippen LogP contribution in [0.4, 0.5) is 0 Å². The van der Waals surface area contributed by atoms with Gasteiger partial charge in [-0.2, -0.15) is 0 Å². The van der Waals surface area contributed by atoms with Gasteiger partial charge in [0.1, 0.15) is 23.2 Å². The first-order valence-electron chi connectivity index (χ1n) is 11.3. The SMILES string of the molecule is Cl.Cl.O=c1[nH]c2c(O)ccc(CC(O)NCCc3cccc(CNCCc4ccccc4O)c3)c2s1. The zero-order valence-corrected chi connectivity index (χ0v) is 22.0. The molecular weight excluding hydrogens is 521 g/mol. The maximum Gasteiger partial charge on any atom is 0.305 e. The molecule has 4 aromatic rings. The second-order valence-corrected chi connectivity index (χ2v) is 9.25. The first-order chi connectivity index (χ1) is 16.5. The third kappa shape index (κ3) is 7.96. The van der Waals surface area contributed by atoms with Crippen molar-refractivity contribution in [2.24, 2.45) is 0 Å². The van der Waals surface area contributed by atoms with Crippen molar-refractivity contribution in [1.82, 2.24) is 15.6 Å². The molecule has 194 valence electrons. The molecule has 4 rings (SSSR count). The highest BCUT2D eigenvalue weighted by Crippen LogP contribution is 2.28. The molecule has 1 aromatic heterocycles. The fraction of sp³-hybridized carbons (Fsp3) is 0.269. The van der Waals surface area contributed by atoms with Gasteiger partial charge in [-0.05, 0) is 53.8 Å². The minimum atomic E-state index is -0.760. The van der Waals surface area contributed by atoms with Crippen molar-refractivity contribution in [3.8, 4) is 11.5 Å². The summed E-state index contributed by atoms with van der Waals surface area (Å²) in [4.78, 5) is 14.1. The van der Waals surface area contributed by atoms with Gasteiger partial charge in [-0.3, -0.25) is 10.1 Å². The van der Waals surface area contributed by atoms with Crippen LogP contribution in [0.5, 0.6) is 11.5 Å². The van der Waals surface area contributed by atoms with Crippen LogP contribution < -0.4 is 15.5 Å². The summed E-state index contributed by atoms with van der Waals surface area (Å²) in [5.41, 5.74) is 4.53. The van der Waals surface area contributed by atoms with Gasteiger partial charge in [-0.15, -0.1) is 24.8 Å². The summed E-state index contributed by atoms with van der Waals surface area (Å²) < 4.78 is 0.675. The number of phenols is 2. The predicted molar refractivity (Wildman–Crippen MR) is 150 cm³/mol. The van der Waals surface area contributed by atoms with E-state index in [1.54, 1.807) is 12.1 Å². The van der Waals surface area contributed by atoms with Crippen LogP contribution in [0.1, 0.15) is 22.3 Å². The van der Waals surface area contributed by atoms with Crippen LogP contribution in [-0.4, -0.2) is 39.6 Å². The quantitative estimate of drug-likeness (QED) is 0.124. The Kier molecular flexibility index (Phi) is 11.7. The highest BCUT2D eigenvalue weighted by atomic mass is 35.5. The summed E-state index contributed by atoms with van der Waals surface area (Å²) >= 11 is 1.04. The Balaban J connectivity index is 0.00000228. The van der Waals surface area contributed by atoms with E-state index in [0.29, 0.717) is 28.9 Å². The highest BCUT2D eigenvalue weighted by molar-refractivity contribution is 7.16. The molecule has 6 N–H and O–H groups in total. The number of nitrogens with one attached hydrogen (secondary N) is 3. The van der Waals surface area contributed by atoms with Crippen molar-refractivity contribution in [2.45, 2.75) is 32.0 Å². The molecule has 0 aliphatic rings. The second-order valence-electron chi connectivity index (χ2n) is 8.26. The number of aromatic amines is 1. The van der Waals surface area contributed by atoms with Crippen LogP contribution in [0.25, 0.3) is 10.2 Å².